The fraction of sp³-hybridized carbons (Fsp3) is 0.385. The second kappa shape index (κ2) is 9.84. The van der Waals surface area contributed by atoms with Gasteiger partial charge in [0.15, 0.2) is 0 Å². The van der Waals surface area contributed by atoms with Crippen LogP contribution < -0.4 is 0 Å². The molecule has 0 fully saturated rings. The first-order valence-electron chi connectivity index (χ1n) is 10.6. The van der Waals surface area contributed by atoms with Crippen LogP contribution in [0.5, 0.6) is 0 Å². The molecule has 160 valence electrons. The topological polar surface area (TPSA) is 23.5 Å². The average molecular weight is 426 g/mol. The van der Waals surface area contributed by atoms with Crippen LogP contribution in [-0.4, -0.2) is 22.1 Å². The molecule has 1 N–H and O–H groups in total. The van der Waals surface area contributed by atoms with Crippen LogP contribution >= 0.6 is 11.9 Å². The monoisotopic (exact) mass is 425 g/mol. The molecule has 1 aliphatic heterocycles. The van der Waals surface area contributed by atoms with Gasteiger partial charge in [0.05, 0.1) is 12.6 Å². The van der Waals surface area contributed by atoms with Gasteiger partial charge in [-0.2, -0.15) is 0 Å². The van der Waals surface area contributed by atoms with Crippen LogP contribution in [0.25, 0.3) is 5.57 Å². The maximum Gasteiger partial charge on any atom is 0.123 e. The second-order valence-corrected chi connectivity index (χ2v) is 9.44. The van der Waals surface area contributed by atoms with E-state index in [4.69, 9.17) is 0 Å². The molecule has 1 heterocycles. The minimum atomic E-state index is -0.244. The minimum Gasteiger partial charge on any atom is -0.392 e. The fourth-order valence-corrected chi connectivity index (χ4v) is 5.89. The van der Waals surface area contributed by atoms with Crippen LogP contribution in [0.3, 0.4) is 0 Å². The van der Waals surface area contributed by atoms with E-state index in [2.05, 4.69) is 63.2 Å². The second-order valence-electron chi connectivity index (χ2n) is 8.50. The van der Waals surface area contributed by atoms with Gasteiger partial charge in [-0.3, -0.25) is 0 Å². The van der Waals surface area contributed by atoms with Gasteiger partial charge in [0.1, 0.15) is 5.82 Å². The predicted molar refractivity (Wildman–Crippen MR) is 126 cm³/mol. The van der Waals surface area contributed by atoms with Crippen molar-refractivity contribution in [1.82, 2.24) is 4.31 Å². The van der Waals surface area contributed by atoms with Crippen LogP contribution in [0.15, 0.2) is 71.4 Å². The minimum absolute atomic E-state index is 0.0132. The van der Waals surface area contributed by atoms with E-state index in [1.807, 2.05) is 30.1 Å². The Morgan fingerprint density at radius 3 is 2.17 bits per heavy atom. The molecule has 4 heteroatoms. The number of nitrogens with zero attached hydrogens (tertiary/aromatic N) is 1. The van der Waals surface area contributed by atoms with Crippen molar-refractivity contribution in [2.45, 2.75) is 46.4 Å². The van der Waals surface area contributed by atoms with Crippen LogP contribution in [0.1, 0.15) is 45.7 Å². The van der Waals surface area contributed by atoms with E-state index < -0.39 is 0 Å². The highest BCUT2D eigenvalue weighted by molar-refractivity contribution is 7.96. The van der Waals surface area contributed by atoms with Gasteiger partial charge in [-0.1, -0.05) is 70.2 Å². The molecule has 1 atom stereocenters. The number of allylic oxidation sites excluding steroid dienone is 3. The van der Waals surface area contributed by atoms with Crippen molar-refractivity contribution >= 4 is 17.5 Å². The molecule has 30 heavy (non-hydrogen) atoms. The SMILES string of the molecule is CC1=C(C(C)C)N(SCc2ccccc2)C(C(C)C)C(CO)=C1c1ccc(F)cc1. The standard InChI is InChI=1S/C26H32FNOS/c1-17(2)25-19(5)24(21-11-13-22(27)14-12-21)23(15-29)26(18(3)4)28(25)30-16-20-9-7-6-8-10-20/h6-14,17-18,26,29H,15-16H2,1-5H3. The number of hydrogen-bond donors (Lipinski definition) is 1. The first-order chi connectivity index (χ1) is 14.3. The Hall–Kier alpha value is -2.04. The van der Waals surface area contributed by atoms with Crippen molar-refractivity contribution in [2.24, 2.45) is 11.8 Å². The molecule has 2 aromatic carbocycles. The molecule has 0 aromatic heterocycles. The highest BCUT2D eigenvalue weighted by Crippen LogP contribution is 2.45. The lowest BCUT2D eigenvalue weighted by Gasteiger charge is -2.45. The van der Waals surface area contributed by atoms with E-state index in [-0.39, 0.29) is 18.5 Å². The van der Waals surface area contributed by atoms with Gasteiger partial charge >= 0.3 is 0 Å². The zero-order chi connectivity index (χ0) is 21.8. The smallest absolute Gasteiger partial charge is 0.123 e. The zero-order valence-electron chi connectivity index (χ0n) is 18.5. The molecular weight excluding hydrogens is 393 g/mol. The number of halogens is 1. The van der Waals surface area contributed by atoms with Crippen molar-refractivity contribution in [1.29, 1.82) is 0 Å². The van der Waals surface area contributed by atoms with Crippen LogP contribution in [0.4, 0.5) is 4.39 Å². The molecular formula is C26H32FNOS. The number of aliphatic hydroxyl groups is 1. The molecule has 1 aliphatic rings. The summed E-state index contributed by atoms with van der Waals surface area (Å²) in [5.74, 6) is 1.27. The van der Waals surface area contributed by atoms with Gasteiger partial charge in [-0.15, -0.1) is 0 Å². The number of hydrogen-bond acceptors (Lipinski definition) is 3. The summed E-state index contributed by atoms with van der Waals surface area (Å²) in [4.78, 5) is 0. The summed E-state index contributed by atoms with van der Waals surface area (Å²) in [7, 11) is 0. The van der Waals surface area contributed by atoms with E-state index >= 15 is 0 Å². The lowest BCUT2D eigenvalue weighted by atomic mass is 9.81. The van der Waals surface area contributed by atoms with E-state index in [0.717, 1.165) is 28.0 Å². The van der Waals surface area contributed by atoms with Gasteiger partial charge in [0.25, 0.3) is 0 Å². The summed E-state index contributed by atoms with van der Waals surface area (Å²) < 4.78 is 16.0. The molecule has 0 aliphatic carbocycles. The molecule has 3 rings (SSSR count). The molecule has 2 aromatic rings. The van der Waals surface area contributed by atoms with Gasteiger partial charge in [0, 0.05) is 11.4 Å². The van der Waals surface area contributed by atoms with Crippen LogP contribution in [-0.2, 0) is 5.75 Å². The highest BCUT2D eigenvalue weighted by Gasteiger charge is 2.36. The number of aliphatic hydroxyl groups excluding tert-OH is 1. The Bertz CT molecular complexity index is 916. The summed E-state index contributed by atoms with van der Waals surface area (Å²) in [6.07, 6.45) is 0. The van der Waals surface area contributed by atoms with Gasteiger partial charge in [0.2, 0.25) is 0 Å². The van der Waals surface area contributed by atoms with E-state index in [0.29, 0.717) is 11.8 Å². The Labute approximate surface area is 184 Å². The number of rotatable bonds is 7. The first kappa shape index (κ1) is 22.6. The summed E-state index contributed by atoms with van der Waals surface area (Å²) in [6.45, 7) is 11.0. The number of benzene rings is 2. The lowest BCUT2D eigenvalue weighted by molar-refractivity contribution is 0.271. The molecule has 0 amide bonds. The molecule has 0 saturated heterocycles. The Morgan fingerprint density at radius 2 is 1.63 bits per heavy atom. The third-order valence-electron chi connectivity index (χ3n) is 5.62. The van der Waals surface area contributed by atoms with E-state index in [1.54, 1.807) is 0 Å². The first-order valence-corrected chi connectivity index (χ1v) is 11.6. The third-order valence-corrected chi connectivity index (χ3v) is 6.79. The Morgan fingerprint density at radius 1 is 1.00 bits per heavy atom. The molecule has 0 spiro atoms. The highest BCUT2D eigenvalue weighted by atomic mass is 32.2. The maximum absolute atomic E-state index is 13.6. The van der Waals surface area contributed by atoms with E-state index in [1.165, 1.54) is 23.4 Å². The normalized spacial score (nSPS) is 17.5. The fourth-order valence-electron chi connectivity index (χ4n) is 4.39. The van der Waals surface area contributed by atoms with E-state index in [9.17, 15) is 9.50 Å². The third kappa shape index (κ3) is 4.65. The lowest BCUT2D eigenvalue weighted by Crippen LogP contribution is -2.41. The summed E-state index contributed by atoms with van der Waals surface area (Å²) in [5, 5.41) is 10.5. The summed E-state index contributed by atoms with van der Waals surface area (Å²) >= 11 is 1.82. The molecule has 1 unspecified atom stereocenters. The van der Waals surface area contributed by atoms with Crippen molar-refractivity contribution < 1.29 is 9.50 Å². The summed E-state index contributed by atoms with van der Waals surface area (Å²) in [6, 6.07) is 17.2. The van der Waals surface area contributed by atoms with Crippen molar-refractivity contribution in [2.75, 3.05) is 6.61 Å². The molecule has 0 saturated carbocycles. The van der Waals surface area contributed by atoms with Gasteiger partial charge < -0.3 is 9.41 Å². The van der Waals surface area contributed by atoms with Crippen LogP contribution in [0.2, 0.25) is 0 Å². The Balaban J connectivity index is 2.11. The van der Waals surface area contributed by atoms with Crippen molar-refractivity contribution in [3.8, 4) is 0 Å². The zero-order valence-corrected chi connectivity index (χ0v) is 19.3. The Kier molecular flexibility index (Phi) is 7.43. The largest absolute Gasteiger partial charge is 0.392 e. The maximum atomic E-state index is 13.6. The van der Waals surface area contributed by atoms with Crippen molar-refractivity contribution in [3.63, 3.8) is 0 Å². The molecule has 2 nitrogen and oxygen atoms in total. The quantitative estimate of drug-likeness (QED) is 0.500. The van der Waals surface area contributed by atoms with Gasteiger partial charge in [-0.05, 0) is 70.7 Å². The molecule has 0 radical (unpaired) electrons. The van der Waals surface area contributed by atoms with Crippen LogP contribution in [0, 0.1) is 17.7 Å². The van der Waals surface area contributed by atoms with Gasteiger partial charge in [-0.25, -0.2) is 4.39 Å². The predicted octanol–water partition coefficient (Wildman–Crippen LogP) is 6.69. The molecule has 0 bridgehead atoms. The van der Waals surface area contributed by atoms with Crippen molar-refractivity contribution in [3.05, 3.63) is 88.4 Å². The summed E-state index contributed by atoms with van der Waals surface area (Å²) in [5.41, 5.74) is 6.78. The average Bonchev–Trinajstić information content (AvgIpc) is 2.72.